The molecule has 1 aromatic rings. The minimum atomic E-state index is -0.308. The van der Waals surface area contributed by atoms with Crippen LogP contribution in [-0.4, -0.2) is 48.4 Å². The molecule has 0 atom stereocenters. The number of likely N-dealkylation sites (N-methyl/N-ethyl adjacent to an activating group) is 1. The molecule has 20 heavy (non-hydrogen) atoms. The average Bonchev–Trinajstić information content (AvgIpc) is 2.44. The molecule has 0 amide bonds. The van der Waals surface area contributed by atoms with E-state index in [1.807, 2.05) is 30.1 Å². The highest BCUT2D eigenvalue weighted by atomic mass is 16.5. The molecule has 0 aliphatic carbocycles. The van der Waals surface area contributed by atoms with E-state index in [4.69, 9.17) is 4.74 Å². The Bertz CT molecular complexity index is 420. The summed E-state index contributed by atoms with van der Waals surface area (Å²) in [5.74, 6) is -0.251. The van der Waals surface area contributed by atoms with Crippen LogP contribution in [-0.2, 0) is 20.7 Å². The van der Waals surface area contributed by atoms with E-state index in [0.717, 1.165) is 18.7 Å². The molecule has 1 heterocycles. The number of nitrogens with zero attached hydrogens (tertiary/aromatic N) is 2. The Labute approximate surface area is 119 Å². The predicted octanol–water partition coefficient (Wildman–Crippen LogP) is 1.47. The van der Waals surface area contributed by atoms with Crippen LogP contribution in [0.1, 0.15) is 25.5 Å². The molecule has 0 unspecified atom stereocenters. The first-order valence-electron chi connectivity index (χ1n) is 6.87. The van der Waals surface area contributed by atoms with E-state index in [0.29, 0.717) is 13.2 Å². The second kappa shape index (κ2) is 9.20. The number of esters is 1. The molecule has 0 saturated carbocycles. The van der Waals surface area contributed by atoms with Gasteiger partial charge in [0.25, 0.3) is 0 Å². The molecule has 0 bridgehead atoms. The molecule has 1 rings (SSSR count). The maximum absolute atomic E-state index is 11.7. The predicted molar refractivity (Wildman–Crippen MR) is 76.3 cm³/mol. The van der Waals surface area contributed by atoms with Gasteiger partial charge in [0.2, 0.25) is 0 Å². The monoisotopic (exact) mass is 278 g/mol. The molecule has 110 valence electrons. The SMILES string of the molecule is CCOC(=O)CCC(=O)CN(C)CCc1ccccn1. The summed E-state index contributed by atoms with van der Waals surface area (Å²) in [4.78, 5) is 29.0. The third kappa shape index (κ3) is 6.99. The number of carbonyl (C=O) groups is 2. The number of carbonyl (C=O) groups excluding carboxylic acids is 2. The maximum Gasteiger partial charge on any atom is 0.306 e. The molecule has 0 aliphatic rings. The van der Waals surface area contributed by atoms with E-state index < -0.39 is 0 Å². The molecule has 0 spiro atoms. The van der Waals surface area contributed by atoms with Gasteiger partial charge in [-0.3, -0.25) is 19.5 Å². The second-order valence-corrected chi connectivity index (χ2v) is 4.65. The second-order valence-electron chi connectivity index (χ2n) is 4.65. The van der Waals surface area contributed by atoms with Crippen molar-refractivity contribution in [2.75, 3.05) is 26.7 Å². The molecule has 5 heteroatoms. The molecule has 0 N–H and O–H groups in total. The van der Waals surface area contributed by atoms with Gasteiger partial charge in [0.05, 0.1) is 19.6 Å². The van der Waals surface area contributed by atoms with Crippen LogP contribution >= 0.6 is 0 Å². The normalized spacial score (nSPS) is 10.6. The number of ketones is 1. The Balaban J connectivity index is 2.19. The smallest absolute Gasteiger partial charge is 0.306 e. The third-order valence-electron chi connectivity index (χ3n) is 2.84. The molecule has 0 radical (unpaired) electrons. The van der Waals surface area contributed by atoms with Gasteiger partial charge in [0.1, 0.15) is 5.78 Å². The fraction of sp³-hybridized carbons (Fsp3) is 0.533. The highest BCUT2D eigenvalue weighted by Gasteiger charge is 2.10. The summed E-state index contributed by atoms with van der Waals surface area (Å²) >= 11 is 0. The van der Waals surface area contributed by atoms with Crippen LogP contribution in [0.5, 0.6) is 0 Å². The van der Waals surface area contributed by atoms with Gasteiger partial charge in [-0.15, -0.1) is 0 Å². The van der Waals surface area contributed by atoms with Crippen molar-refractivity contribution in [3.05, 3.63) is 30.1 Å². The molecular weight excluding hydrogens is 256 g/mol. The number of hydrogen-bond donors (Lipinski definition) is 0. The van der Waals surface area contributed by atoms with Crippen molar-refractivity contribution in [1.29, 1.82) is 0 Å². The van der Waals surface area contributed by atoms with Crippen molar-refractivity contribution < 1.29 is 14.3 Å². The first-order valence-corrected chi connectivity index (χ1v) is 6.87. The summed E-state index contributed by atoms with van der Waals surface area (Å²) in [6.45, 7) is 3.23. The van der Waals surface area contributed by atoms with Crippen LogP contribution in [0, 0.1) is 0 Å². The first kappa shape index (κ1) is 16.3. The maximum atomic E-state index is 11.7. The number of Topliss-reactive ketones (excluding diaryl/α,β-unsaturated/α-hetero) is 1. The third-order valence-corrected chi connectivity index (χ3v) is 2.84. The number of hydrogen-bond acceptors (Lipinski definition) is 5. The number of aromatic nitrogens is 1. The lowest BCUT2D eigenvalue weighted by Crippen LogP contribution is -2.28. The van der Waals surface area contributed by atoms with E-state index in [1.165, 1.54) is 0 Å². The highest BCUT2D eigenvalue weighted by molar-refractivity contribution is 5.84. The summed E-state index contributed by atoms with van der Waals surface area (Å²) in [5, 5.41) is 0. The van der Waals surface area contributed by atoms with Gasteiger partial charge in [-0.05, 0) is 26.1 Å². The van der Waals surface area contributed by atoms with Crippen LogP contribution in [0.25, 0.3) is 0 Å². The zero-order valence-corrected chi connectivity index (χ0v) is 12.2. The van der Waals surface area contributed by atoms with Gasteiger partial charge >= 0.3 is 5.97 Å². The van der Waals surface area contributed by atoms with E-state index in [1.54, 1.807) is 13.1 Å². The Kier molecular flexibility index (Phi) is 7.50. The van der Waals surface area contributed by atoms with Crippen molar-refractivity contribution in [1.82, 2.24) is 9.88 Å². The van der Waals surface area contributed by atoms with E-state index in [9.17, 15) is 9.59 Å². The van der Waals surface area contributed by atoms with Crippen molar-refractivity contribution in [3.8, 4) is 0 Å². The topological polar surface area (TPSA) is 59.5 Å². The number of rotatable bonds is 9. The van der Waals surface area contributed by atoms with Crippen molar-refractivity contribution >= 4 is 11.8 Å². The largest absolute Gasteiger partial charge is 0.466 e. The van der Waals surface area contributed by atoms with Crippen LogP contribution in [0.15, 0.2) is 24.4 Å². The van der Waals surface area contributed by atoms with Crippen molar-refractivity contribution in [2.45, 2.75) is 26.2 Å². The molecule has 0 fully saturated rings. The fourth-order valence-corrected chi connectivity index (χ4v) is 1.79. The van der Waals surface area contributed by atoms with Crippen molar-refractivity contribution in [3.63, 3.8) is 0 Å². The van der Waals surface area contributed by atoms with E-state index in [-0.39, 0.29) is 24.6 Å². The summed E-state index contributed by atoms with van der Waals surface area (Å²) in [6, 6.07) is 5.80. The van der Waals surface area contributed by atoms with Crippen LogP contribution in [0.4, 0.5) is 0 Å². The molecule has 0 aliphatic heterocycles. The van der Waals surface area contributed by atoms with Gasteiger partial charge in [-0.1, -0.05) is 6.07 Å². The minimum absolute atomic E-state index is 0.0570. The quantitative estimate of drug-likeness (QED) is 0.640. The summed E-state index contributed by atoms with van der Waals surface area (Å²) in [5.41, 5.74) is 1.01. The number of pyridine rings is 1. The van der Waals surface area contributed by atoms with Gasteiger partial charge in [0.15, 0.2) is 0 Å². The highest BCUT2D eigenvalue weighted by Crippen LogP contribution is 1.99. The molecular formula is C15H22N2O3. The summed E-state index contributed by atoms with van der Waals surface area (Å²) < 4.78 is 4.79. The fourth-order valence-electron chi connectivity index (χ4n) is 1.79. The van der Waals surface area contributed by atoms with E-state index in [2.05, 4.69) is 4.98 Å². The minimum Gasteiger partial charge on any atom is -0.466 e. The number of ether oxygens (including phenoxy) is 1. The summed E-state index contributed by atoms with van der Waals surface area (Å²) in [7, 11) is 1.89. The van der Waals surface area contributed by atoms with Crippen LogP contribution in [0.2, 0.25) is 0 Å². The van der Waals surface area contributed by atoms with E-state index >= 15 is 0 Å². The zero-order chi connectivity index (χ0) is 14.8. The van der Waals surface area contributed by atoms with Gasteiger partial charge in [-0.25, -0.2) is 0 Å². The van der Waals surface area contributed by atoms with Crippen molar-refractivity contribution in [2.24, 2.45) is 0 Å². The van der Waals surface area contributed by atoms with Gasteiger partial charge in [-0.2, -0.15) is 0 Å². The lowest BCUT2D eigenvalue weighted by Gasteiger charge is -2.15. The Morgan fingerprint density at radius 2 is 2.10 bits per heavy atom. The lowest BCUT2D eigenvalue weighted by atomic mass is 10.2. The molecule has 1 aromatic heterocycles. The van der Waals surface area contributed by atoms with Crippen LogP contribution < -0.4 is 0 Å². The van der Waals surface area contributed by atoms with Crippen LogP contribution in [0.3, 0.4) is 0 Å². The lowest BCUT2D eigenvalue weighted by molar-refractivity contribution is -0.144. The Morgan fingerprint density at radius 3 is 2.75 bits per heavy atom. The molecule has 0 saturated heterocycles. The molecule has 0 aromatic carbocycles. The zero-order valence-electron chi connectivity index (χ0n) is 12.2. The summed E-state index contributed by atoms with van der Waals surface area (Å²) in [6.07, 6.45) is 2.98. The van der Waals surface area contributed by atoms with Gasteiger partial charge in [0, 0.05) is 31.3 Å². The van der Waals surface area contributed by atoms with Gasteiger partial charge < -0.3 is 4.74 Å². The Hall–Kier alpha value is -1.75. The Morgan fingerprint density at radius 1 is 1.30 bits per heavy atom. The molecule has 5 nitrogen and oxygen atoms in total. The average molecular weight is 278 g/mol. The standard InChI is InChI=1S/C15H22N2O3/c1-3-20-15(19)8-7-14(18)12-17(2)11-9-13-6-4-5-10-16-13/h4-6,10H,3,7-9,11-12H2,1-2H3. The first-order chi connectivity index (χ1) is 9.61.